The maximum Gasteiger partial charge on any atom is 0.264 e. The third kappa shape index (κ3) is 2.07. The minimum Gasteiger partial charge on any atom is -0.268 e. The maximum absolute atomic E-state index is 10.9. The van der Waals surface area contributed by atoms with E-state index in [1.807, 2.05) is 19.1 Å². The molecule has 3 nitrogen and oxygen atoms in total. The third-order valence-electron chi connectivity index (χ3n) is 2.14. The number of halogens is 1. The van der Waals surface area contributed by atoms with Gasteiger partial charge in [-0.25, -0.2) is 5.10 Å². The number of H-pyrrole nitrogens is 1. The summed E-state index contributed by atoms with van der Waals surface area (Å²) in [7, 11) is 0. The van der Waals surface area contributed by atoms with Gasteiger partial charge in [0.15, 0.2) is 0 Å². The fourth-order valence-electron chi connectivity index (χ4n) is 1.41. The first-order valence-corrected chi connectivity index (χ1v) is 4.87. The van der Waals surface area contributed by atoms with Crippen molar-refractivity contribution in [1.29, 1.82) is 0 Å². The lowest BCUT2D eigenvalue weighted by atomic mass is 10.1. The quantitative estimate of drug-likeness (QED) is 0.802. The van der Waals surface area contributed by atoms with Crippen LogP contribution in [0.15, 0.2) is 35.1 Å². The van der Waals surface area contributed by atoms with Gasteiger partial charge in [0.25, 0.3) is 5.56 Å². The molecule has 0 saturated heterocycles. The van der Waals surface area contributed by atoms with Gasteiger partial charge in [0.2, 0.25) is 0 Å². The molecule has 1 N–H and O–H groups in total. The summed E-state index contributed by atoms with van der Waals surface area (Å²) in [6.07, 6.45) is 0. The van der Waals surface area contributed by atoms with Crippen LogP contribution in [0.1, 0.15) is 5.56 Å². The van der Waals surface area contributed by atoms with Gasteiger partial charge in [0.1, 0.15) is 0 Å². The van der Waals surface area contributed by atoms with Crippen molar-refractivity contribution >= 4 is 11.6 Å². The molecule has 0 saturated carbocycles. The van der Waals surface area contributed by atoms with Gasteiger partial charge < -0.3 is 0 Å². The standard InChI is InChI=1S/C11H9ClN2O/c1-7-6-8(12)2-3-9(7)10-4-5-11(15)14-13-10/h2-6H,1H3,(H,14,15). The van der Waals surface area contributed by atoms with E-state index in [2.05, 4.69) is 10.2 Å². The predicted molar refractivity (Wildman–Crippen MR) is 60.0 cm³/mol. The Morgan fingerprint density at radius 2 is 2.07 bits per heavy atom. The second-order valence-corrected chi connectivity index (χ2v) is 3.70. The summed E-state index contributed by atoms with van der Waals surface area (Å²) in [5.74, 6) is 0. The Morgan fingerprint density at radius 3 is 2.67 bits per heavy atom. The van der Waals surface area contributed by atoms with Crippen molar-refractivity contribution in [2.75, 3.05) is 0 Å². The van der Waals surface area contributed by atoms with Crippen molar-refractivity contribution < 1.29 is 0 Å². The summed E-state index contributed by atoms with van der Waals surface area (Å²) < 4.78 is 0. The molecule has 2 aromatic rings. The monoisotopic (exact) mass is 220 g/mol. The molecule has 0 bridgehead atoms. The van der Waals surface area contributed by atoms with Gasteiger partial charge in [-0.1, -0.05) is 17.7 Å². The average Bonchev–Trinajstić information content (AvgIpc) is 2.20. The van der Waals surface area contributed by atoms with Gasteiger partial charge in [0.05, 0.1) is 5.69 Å². The van der Waals surface area contributed by atoms with Crippen molar-refractivity contribution in [3.8, 4) is 11.3 Å². The summed E-state index contributed by atoms with van der Waals surface area (Å²) in [6, 6.07) is 8.70. The van der Waals surface area contributed by atoms with E-state index >= 15 is 0 Å². The first-order valence-electron chi connectivity index (χ1n) is 4.49. The fraction of sp³-hybridized carbons (Fsp3) is 0.0909. The van der Waals surface area contributed by atoms with E-state index in [0.29, 0.717) is 5.02 Å². The molecule has 0 unspecified atom stereocenters. The molecule has 1 heterocycles. The van der Waals surface area contributed by atoms with E-state index in [1.165, 1.54) is 6.07 Å². The first kappa shape index (κ1) is 9.93. The molecule has 76 valence electrons. The lowest BCUT2D eigenvalue weighted by Crippen LogP contribution is -2.05. The minimum absolute atomic E-state index is 0.203. The molecule has 15 heavy (non-hydrogen) atoms. The number of aryl methyl sites for hydroxylation is 1. The van der Waals surface area contributed by atoms with E-state index < -0.39 is 0 Å². The van der Waals surface area contributed by atoms with Crippen LogP contribution in [0.5, 0.6) is 0 Å². The lowest BCUT2D eigenvalue weighted by molar-refractivity contribution is 0.994. The number of hydrogen-bond donors (Lipinski definition) is 1. The van der Waals surface area contributed by atoms with Gasteiger partial charge in [-0.3, -0.25) is 4.79 Å². The minimum atomic E-state index is -0.203. The normalized spacial score (nSPS) is 10.3. The highest BCUT2D eigenvalue weighted by molar-refractivity contribution is 6.30. The van der Waals surface area contributed by atoms with Gasteiger partial charge in [0, 0.05) is 16.7 Å². The van der Waals surface area contributed by atoms with E-state index in [-0.39, 0.29) is 5.56 Å². The molecule has 2 rings (SSSR count). The molecule has 4 heteroatoms. The van der Waals surface area contributed by atoms with E-state index in [1.54, 1.807) is 12.1 Å². The summed E-state index contributed by atoms with van der Waals surface area (Å²) in [5, 5.41) is 7.06. The van der Waals surface area contributed by atoms with Crippen LogP contribution in [0.4, 0.5) is 0 Å². The number of aromatic nitrogens is 2. The molecule has 0 amide bonds. The zero-order valence-electron chi connectivity index (χ0n) is 8.12. The second kappa shape index (κ2) is 3.87. The van der Waals surface area contributed by atoms with Crippen LogP contribution in [0.2, 0.25) is 5.02 Å². The predicted octanol–water partition coefficient (Wildman–Crippen LogP) is 2.40. The van der Waals surface area contributed by atoms with Crippen LogP contribution in [-0.4, -0.2) is 10.2 Å². The molecule has 1 aromatic heterocycles. The maximum atomic E-state index is 10.9. The van der Waals surface area contributed by atoms with Crippen LogP contribution in [-0.2, 0) is 0 Å². The van der Waals surface area contributed by atoms with Gasteiger partial charge in [-0.15, -0.1) is 0 Å². The number of benzene rings is 1. The van der Waals surface area contributed by atoms with Crippen molar-refractivity contribution in [1.82, 2.24) is 10.2 Å². The molecular weight excluding hydrogens is 212 g/mol. The molecular formula is C11H9ClN2O. The van der Waals surface area contributed by atoms with E-state index in [9.17, 15) is 4.79 Å². The Morgan fingerprint density at radius 1 is 1.27 bits per heavy atom. The summed E-state index contributed by atoms with van der Waals surface area (Å²) >= 11 is 5.85. The summed E-state index contributed by atoms with van der Waals surface area (Å²) in [4.78, 5) is 10.9. The molecule has 0 spiro atoms. The largest absolute Gasteiger partial charge is 0.268 e. The Hall–Kier alpha value is -1.61. The number of rotatable bonds is 1. The second-order valence-electron chi connectivity index (χ2n) is 3.27. The SMILES string of the molecule is Cc1cc(Cl)ccc1-c1ccc(=O)[nH]n1. The Kier molecular flexibility index (Phi) is 2.56. The molecule has 0 fully saturated rings. The number of nitrogens with one attached hydrogen (secondary N) is 1. The van der Waals surface area contributed by atoms with Gasteiger partial charge >= 0.3 is 0 Å². The molecule has 0 aliphatic heterocycles. The average molecular weight is 221 g/mol. The number of hydrogen-bond acceptors (Lipinski definition) is 2. The highest BCUT2D eigenvalue weighted by atomic mass is 35.5. The zero-order chi connectivity index (χ0) is 10.8. The first-order chi connectivity index (χ1) is 7.16. The Labute approximate surface area is 91.7 Å². The smallest absolute Gasteiger partial charge is 0.264 e. The van der Waals surface area contributed by atoms with Crippen molar-refractivity contribution in [3.63, 3.8) is 0 Å². The summed E-state index contributed by atoms with van der Waals surface area (Å²) in [5.41, 5.74) is 2.53. The Balaban J connectivity index is 2.54. The van der Waals surface area contributed by atoms with Gasteiger partial charge in [-0.05, 0) is 30.7 Å². The topological polar surface area (TPSA) is 45.8 Å². The fourth-order valence-corrected chi connectivity index (χ4v) is 1.64. The van der Waals surface area contributed by atoms with Crippen LogP contribution < -0.4 is 5.56 Å². The highest BCUT2D eigenvalue weighted by Gasteiger charge is 2.03. The Bertz CT molecular complexity index is 528. The van der Waals surface area contributed by atoms with E-state index in [4.69, 9.17) is 11.6 Å². The van der Waals surface area contributed by atoms with Crippen LogP contribution in [0.25, 0.3) is 11.3 Å². The number of aromatic amines is 1. The van der Waals surface area contributed by atoms with Crippen LogP contribution in [0, 0.1) is 6.92 Å². The molecule has 0 radical (unpaired) electrons. The number of nitrogens with zero attached hydrogens (tertiary/aromatic N) is 1. The van der Waals surface area contributed by atoms with Crippen LogP contribution in [0.3, 0.4) is 0 Å². The highest BCUT2D eigenvalue weighted by Crippen LogP contribution is 2.23. The summed E-state index contributed by atoms with van der Waals surface area (Å²) in [6.45, 7) is 1.95. The van der Waals surface area contributed by atoms with Crippen LogP contribution >= 0.6 is 11.6 Å². The van der Waals surface area contributed by atoms with Crippen molar-refractivity contribution in [2.45, 2.75) is 6.92 Å². The zero-order valence-corrected chi connectivity index (χ0v) is 8.88. The van der Waals surface area contributed by atoms with Gasteiger partial charge in [-0.2, -0.15) is 5.10 Å². The lowest BCUT2D eigenvalue weighted by Gasteiger charge is -2.04. The van der Waals surface area contributed by atoms with Crippen molar-refractivity contribution in [3.05, 3.63) is 51.3 Å². The molecule has 0 aliphatic rings. The van der Waals surface area contributed by atoms with Crippen molar-refractivity contribution in [2.24, 2.45) is 0 Å². The third-order valence-corrected chi connectivity index (χ3v) is 2.38. The molecule has 0 atom stereocenters. The van der Waals surface area contributed by atoms with E-state index in [0.717, 1.165) is 16.8 Å². The molecule has 1 aromatic carbocycles. The molecule has 0 aliphatic carbocycles.